The van der Waals surface area contributed by atoms with Crippen molar-refractivity contribution < 1.29 is 9.53 Å². The van der Waals surface area contributed by atoms with Crippen molar-refractivity contribution in [1.82, 2.24) is 9.80 Å². The van der Waals surface area contributed by atoms with Gasteiger partial charge in [-0.2, -0.15) is 0 Å². The first-order valence-electron chi connectivity index (χ1n) is 8.18. The second-order valence-electron chi connectivity index (χ2n) is 7.46. The summed E-state index contributed by atoms with van der Waals surface area (Å²) < 4.78 is 5.51. The minimum atomic E-state index is -0.419. The van der Waals surface area contributed by atoms with Crippen molar-refractivity contribution >= 4 is 6.09 Å². The molecule has 2 aliphatic rings. The molecular formula is C18H26N2O2. The van der Waals surface area contributed by atoms with Gasteiger partial charge in [0.2, 0.25) is 0 Å². The first-order chi connectivity index (χ1) is 10.4. The number of ether oxygens (including phenoxy) is 1. The highest BCUT2D eigenvalue weighted by Crippen LogP contribution is 2.34. The van der Waals surface area contributed by atoms with E-state index in [0.717, 1.165) is 38.5 Å². The molecule has 0 radical (unpaired) electrons. The fourth-order valence-electron chi connectivity index (χ4n) is 3.40. The Hall–Kier alpha value is -1.55. The monoisotopic (exact) mass is 302 g/mol. The lowest BCUT2D eigenvalue weighted by Gasteiger charge is -2.53. The van der Waals surface area contributed by atoms with E-state index in [1.807, 2.05) is 31.7 Å². The van der Waals surface area contributed by atoms with E-state index in [2.05, 4.69) is 29.2 Å². The number of amides is 1. The van der Waals surface area contributed by atoms with Gasteiger partial charge in [-0.1, -0.05) is 30.3 Å². The van der Waals surface area contributed by atoms with Crippen molar-refractivity contribution in [2.45, 2.75) is 45.4 Å². The molecule has 4 nitrogen and oxygen atoms in total. The lowest BCUT2D eigenvalue weighted by molar-refractivity contribution is -0.0557. The molecule has 0 spiro atoms. The Labute approximate surface area is 133 Å². The van der Waals surface area contributed by atoms with Gasteiger partial charge in [-0.3, -0.25) is 4.90 Å². The van der Waals surface area contributed by atoms with E-state index in [-0.39, 0.29) is 6.09 Å². The van der Waals surface area contributed by atoms with Crippen LogP contribution in [-0.4, -0.2) is 47.2 Å². The SMILES string of the molecule is CC(C)(C)OC(=O)N1CC[C@H]2CN(Cc3ccccc3)[C@H]2C1. The zero-order valence-corrected chi connectivity index (χ0v) is 13.8. The van der Waals surface area contributed by atoms with Crippen LogP contribution in [0, 0.1) is 5.92 Å². The summed E-state index contributed by atoms with van der Waals surface area (Å²) >= 11 is 0. The molecule has 22 heavy (non-hydrogen) atoms. The molecule has 0 aromatic heterocycles. The molecule has 2 heterocycles. The molecule has 0 bridgehead atoms. The molecular weight excluding hydrogens is 276 g/mol. The summed E-state index contributed by atoms with van der Waals surface area (Å²) in [5, 5.41) is 0. The van der Waals surface area contributed by atoms with E-state index in [1.54, 1.807) is 0 Å². The molecule has 1 aromatic rings. The number of nitrogens with zero attached hydrogens (tertiary/aromatic N) is 2. The molecule has 0 N–H and O–H groups in total. The van der Waals surface area contributed by atoms with Gasteiger partial charge >= 0.3 is 6.09 Å². The maximum atomic E-state index is 12.2. The standard InChI is InChI=1S/C18H26N2O2/c1-18(2,3)22-17(21)19-10-9-15-12-20(16(15)13-19)11-14-7-5-4-6-8-14/h4-8,15-16H,9-13H2,1-3H3/t15-,16-/m0/s1. The Kier molecular flexibility index (Phi) is 4.13. The third kappa shape index (κ3) is 3.43. The highest BCUT2D eigenvalue weighted by molar-refractivity contribution is 5.68. The van der Waals surface area contributed by atoms with E-state index in [4.69, 9.17) is 4.74 Å². The van der Waals surface area contributed by atoms with Crippen LogP contribution in [0.1, 0.15) is 32.8 Å². The van der Waals surface area contributed by atoms with E-state index in [1.165, 1.54) is 5.56 Å². The van der Waals surface area contributed by atoms with Gasteiger partial charge < -0.3 is 9.64 Å². The smallest absolute Gasteiger partial charge is 0.410 e. The van der Waals surface area contributed by atoms with Crippen LogP contribution in [0.4, 0.5) is 4.79 Å². The Morgan fingerprint density at radius 3 is 2.64 bits per heavy atom. The fraction of sp³-hybridized carbons (Fsp3) is 0.611. The first kappa shape index (κ1) is 15.3. The van der Waals surface area contributed by atoms with Gasteiger partial charge in [0.15, 0.2) is 0 Å². The van der Waals surface area contributed by atoms with Gasteiger partial charge in [0.25, 0.3) is 0 Å². The molecule has 2 saturated heterocycles. The van der Waals surface area contributed by atoms with Gasteiger partial charge in [-0.05, 0) is 38.7 Å². The summed E-state index contributed by atoms with van der Waals surface area (Å²) in [6, 6.07) is 11.0. The number of fused-ring (bicyclic) bond motifs is 1. The normalized spacial score (nSPS) is 25.3. The van der Waals surface area contributed by atoms with Crippen molar-refractivity contribution in [3.63, 3.8) is 0 Å². The number of benzene rings is 1. The quantitative estimate of drug-likeness (QED) is 0.841. The average molecular weight is 302 g/mol. The fourth-order valence-corrected chi connectivity index (χ4v) is 3.40. The number of hydrogen-bond donors (Lipinski definition) is 0. The summed E-state index contributed by atoms with van der Waals surface area (Å²) in [5.74, 6) is 0.738. The molecule has 2 fully saturated rings. The molecule has 2 atom stereocenters. The van der Waals surface area contributed by atoms with Gasteiger partial charge in [0.05, 0.1) is 0 Å². The van der Waals surface area contributed by atoms with Crippen molar-refractivity contribution in [3.05, 3.63) is 35.9 Å². The topological polar surface area (TPSA) is 32.8 Å². The second-order valence-corrected chi connectivity index (χ2v) is 7.46. The predicted molar refractivity (Wildman–Crippen MR) is 86.6 cm³/mol. The van der Waals surface area contributed by atoms with Crippen molar-refractivity contribution in [2.75, 3.05) is 19.6 Å². The summed E-state index contributed by atoms with van der Waals surface area (Å²) in [5.41, 5.74) is 0.924. The van der Waals surface area contributed by atoms with Crippen molar-refractivity contribution in [2.24, 2.45) is 5.92 Å². The second kappa shape index (κ2) is 5.92. The van der Waals surface area contributed by atoms with Crippen LogP contribution in [0.5, 0.6) is 0 Å². The van der Waals surface area contributed by atoms with Gasteiger partial charge in [-0.15, -0.1) is 0 Å². The molecule has 0 aliphatic carbocycles. The van der Waals surface area contributed by atoms with Crippen LogP contribution in [0.2, 0.25) is 0 Å². The van der Waals surface area contributed by atoms with Crippen LogP contribution < -0.4 is 0 Å². The molecule has 1 aromatic carbocycles. The third-order valence-electron chi connectivity index (χ3n) is 4.54. The number of hydrogen-bond acceptors (Lipinski definition) is 3. The highest BCUT2D eigenvalue weighted by Gasteiger charge is 2.43. The first-order valence-corrected chi connectivity index (χ1v) is 8.18. The van der Waals surface area contributed by atoms with Crippen LogP contribution in [0.15, 0.2) is 30.3 Å². The van der Waals surface area contributed by atoms with Crippen LogP contribution >= 0.6 is 0 Å². The molecule has 0 unspecified atom stereocenters. The van der Waals surface area contributed by atoms with Crippen LogP contribution in [0.25, 0.3) is 0 Å². The molecule has 0 saturated carbocycles. The minimum Gasteiger partial charge on any atom is -0.444 e. The zero-order chi connectivity index (χ0) is 15.7. The molecule has 4 heteroatoms. The Bertz CT molecular complexity index is 524. The Morgan fingerprint density at radius 2 is 1.95 bits per heavy atom. The molecule has 1 amide bonds. The summed E-state index contributed by atoms with van der Waals surface area (Å²) in [7, 11) is 0. The van der Waals surface area contributed by atoms with Crippen LogP contribution in [-0.2, 0) is 11.3 Å². The Balaban J connectivity index is 1.57. The predicted octanol–water partition coefficient (Wildman–Crippen LogP) is 3.13. The number of piperidine rings is 1. The van der Waals surface area contributed by atoms with Crippen molar-refractivity contribution in [3.8, 4) is 0 Å². The van der Waals surface area contributed by atoms with E-state index < -0.39 is 5.60 Å². The van der Waals surface area contributed by atoms with E-state index >= 15 is 0 Å². The summed E-state index contributed by atoms with van der Waals surface area (Å²) in [6.07, 6.45) is 0.923. The van der Waals surface area contributed by atoms with E-state index in [9.17, 15) is 4.79 Å². The van der Waals surface area contributed by atoms with Crippen LogP contribution in [0.3, 0.4) is 0 Å². The van der Waals surface area contributed by atoms with Gasteiger partial charge in [0, 0.05) is 32.2 Å². The number of likely N-dealkylation sites (tertiary alicyclic amines) is 2. The zero-order valence-electron chi connectivity index (χ0n) is 13.8. The summed E-state index contributed by atoms with van der Waals surface area (Å²) in [4.78, 5) is 16.6. The number of carbonyl (C=O) groups is 1. The Morgan fingerprint density at radius 1 is 1.23 bits per heavy atom. The molecule has 2 aliphatic heterocycles. The maximum absolute atomic E-state index is 12.2. The summed E-state index contributed by atoms with van der Waals surface area (Å²) in [6.45, 7) is 9.52. The largest absolute Gasteiger partial charge is 0.444 e. The lowest BCUT2D eigenvalue weighted by atomic mass is 9.82. The third-order valence-corrected chi connectivity index (χ3v) is 4.54. The van der Waals surface area contributed by atoms with Gasteiger partial charge in [-0.25, -0.2) is 4.79 Å². The number of carbonyl (C=O) groups excluding carboxylic acids is 1. The molecule has 120 valence electrons. The maximum Gasteiger partial charge on any atom is 0.410 e. The van der Waals surface area contributed by atoms with Crippen molar-refractivity contribution in [1.29, 1.82) is 0 Å². The highest BCUT2D eigenvalue weighted by atomic mass is 16.6. The van der Waals surface area contributed by atoms with Gasteiger partial charge in [0.1, 0.15) is 5.60 Å². The molecule has 3 rings (SSSR count). The number of rotatable bonds is 2. The minimum absolute atomic E-state index is 0.169. The lowest BCUT2D eigenvalue weighted by Crippen LogP contribution is -2.64. The van der Waals surface area contributed by atoms with E-state index in [0.29, 0.717) is 6.04 Å². The average Bonchev–Trinajstić information content (AvgIpc) is 2.44.